The van der Waals surface area contributed by atoms with Gasteiger partial charge in [0.25, 0.3) is 0 Å². The maximum atomic E-state index is 10.6. The molecule has 3 rings (SSSR count). The van der Waals surface area contributed by atoms with Crippen LogP contribution in [0.4, 0.5) is 0 Å². The van der Waals surface area contributed by atoms with E-state index in [2.05, 4.69) is 24.8 Å². The van der Waals surface area contributed by atoms with Crippen LogP contribution in [0.15, 0.2) is 18.2 Å². The predicted octanol–water partition coefficient (Wildman–Crippen LogP) is 2.38. The molecule has 1 saturated heterocycles. The van der Waals surface area contributed by atoms with E-state index >= 15 is 0 Å². The van der Waals surface area contributed by atoms with Crippen LogP contribution in [-0.2, 0) is 6.42 Å². The Labute approximate surface area is 115 Å². The van der Waals surface area contributed by atoms with Gasteiger partial charge in [-0.25, -0.2) is 0 Å². The summed E-state index contributed by atoms with van der Waals surface area (Å²) in [7, 11) is 1.67. The van der Waals surface area contributed by atoms with Gasteiger partial charge in [-0.1, -0.05) is 13.0 Å². The zero-order valence-electron chi connectivity index (χ0n) is 12.0. The monoisotopic (exact) mass is 261 g/mol. The molecule has 4 unspecified atom stereocenters. The molecule has 0 aromatic heterocycles. The van der Waals surface area contributed by atoms with Crippen molar-refractivity contribution in [1.82, 2.24) is 4.90 Å². The van der Waals surface area contributed by atoms with Crippen molar-refractivity contribution in [1.29, 1.82) is 0 Å². The number of methoxy groups -OCH3 is 1. The molecule has 2 aliphatic rings. The van der Waals surface area contributed by atoms with Crippen molar-refractivity contribution < 1.29 is 9.84 Å². The molecule has 1 aliphatic heterocycles. The van der Waals surface area contributed by atoms with Crippen molar-refractivity contribution in [2.45, 2.75) is 44.9 Å². The van der Waals surface area contributed by atoms with Gasteiger partial charge in [0.2, 0.25) is 0 Å². The second-order valence-corrected chi connectivity index (χ2v) is 6.17. The van der Waals surface area contributed by atoms with Crippen LogP contribution in [0.1, 0.15) is 37.5 Å². The molecular formula is C16H23NO2. The number of aliphatic hydroxyl groups excluding tert-OH is 1. The van der Waals surface area contributed by atoms with Crippen LogP contribution < -0.4 is 4.74 Å². The standard InChI is InChI=1S/C16H23NO2/c1-10-6-11(2)17(9-10)15-7-12-4-5-13(19-3)8-14(12)16(15)18/h4-5,8,10-11,15-16,18H,6-7,9H2,1-3H3. The van der Waals surface area contributed by atoms with Crippen LogP contribution >= 0.6 is 0 Å². The zero-order chi connectivity index (χ0) is 13.6. The van der Waals surface area contributed by atoms with Gasteiger partial charge in [-0.3, -0.25) is 4.90 Å². The number of hydrogen-bond acceptors (Lipinski definition) is 3. The van der Waals surface area contributed by atoms with Crippen LogP contribution in [0.5, 0.6) is 5.75 Å². The van der Waals surface area contributed by atoms with E-state index in [0.717, 1.165) is 30.2 Å². The first kappa shape index (κ1) is 12.9. The highest BCUT2D eigenvalue weighted by atomic mass is 16.5. The zero-order valence-corrected chi connectivity index (χ0v) is 12.0. The van der Waals surface area contributed by atoms with Gasteiger partial charge in [-0.05, 0) is 48.9 Å². The lowest BCUT2D eigenvalue weighted by atomic mass is 10.1. The SMILES string of the molecule is COc1ccc2c(c1)C(O)C(N1CC(C)CC1C)C2. The number of fused-ring (bicyclic) bond motifs is 1. The quantitative estimate of drug-likeness (QED) is 0.887. The van der Waals surface area contributed by atoms with E-state index in [1.165, 1.54) is 12.0 Å². The van der Waals surface area contributed by atoms with Crippen molar-refractivity contribution in [2.24, 2.45) is 5.92 Å². The number of benzene rings is 1. The summed E-state index contributed by atoms with van der Waals surface area (Å²) in [5, 5.41) is 10.6. The van der Waals surface area contributed by atoms with Gasteiger partial charge in [0.15, 0.2) is 0 Å². The molecule has 0 radical (unpaired) electrons. The Morgan fingerprint density at radius 3 is 2.74 bits per heavy atom. The molecule has 104 valence electrons. The van der Waals surface area contributed by atoms with Crippen LogP contribution in [0, 0.1) is 5.92 Å². The van der Waals surface area contributed by atoms with Gasteiger partial charge in [0.05, 0.1) is 13.2 Å². The highest BCUT2D eigenvalue weighted by Crippen LogP contribution is 2.39. The summed E-state index contributed by atoms with van der Waals surface area (Å²) in [5.74, 6) is 1.57. The molecule has 3 nitrogen and oxygen atoms in total. The highest BCUT2D eigenvalue weighted by Gasteiger charge is 2.40. The smallest absolute Gasteiger partial charge is 0.119 e. The number of ether oxygens (including phenoxy) is 1. The van der Waals surface area contributed by atoms with Crippen molar-refractivity contribution in [3.8, 4) is 5.75 Å². The lowest BCUT2D eigenvalue weighted by molar-refractivity contribution is 0.0555. The number of nitrogens with zero attached hydrogens (tertiary/aromatic N) is 1. The molecule has 19 heavy (non-hydrogen) atoms. The van der Waals surface area contributed by atoms with Gasteiger partial charge in [-0.15, -0.1) is 0 Å². The van der Waals surface area contributed by atoms with Gasteiger partial charge in [0, 0.05) is 18.6 Å². The molecule has 0 bridgehead atoms. The molecule has 3 heteroatoms. The highest BCUT2D eigenvalue weighted by molar-refractivity contribution is 5.42. The fourth-order valence-electron chi connectivity index (χ4n) is 3.80. The second-order valence-electron chi connectivity index (χ2n) is 6.17. The Kier molecular flexibility index (Phi) is 3.27. The Morgan fingerprint density at radius 1 is 1.32 bits per heavy atom. The molecule has 0 amide bonds. The van der Waals surface area contributed by atoms with Gasteiger partial charge in [0.1, 0.15) is 5.75 Å². The van der Waals surface area contributed by atoms with Crippen molar-refractivity contribution >= 4 is 0 Å². The maximum absolute atomic E-state index is 10.6. The summed E-state index contributed by atoms with van der Waals surface area (Å²) in [6, 6.07) is 6.89. The summed E-state index contributed by atoms with van der Waals surface area (Å²) < 4.78 is 5.26. The fourth-order valence-corrected chi connectivity index (χ4v) is 3.80. The minimum atomic E-state index is -0.377. The van der Waals surface area contributed by atoms with Gasteiger partial charge in [-0.2, -0.15) is 0 Å². The topological polar surface area (TPSA) is 32.7 Å². The Balaban J connectivity index is 1.85. The molecular weight excluding hydrogens is 238 g/mol. The molecule has 0 spiro atoms. The number of likely N-dealkylation sites (tertiary alicyclic amines) is 1. The number of rotatable bonds is 2. The van der Waals surface area contributed by atoms with Gasteiger partial charge < -0.3 is 9.84 Å². The van der Waals surface area contributed by atoms with Crippen molar-refractivity contribution in [3.63, 3.8) is 0 Å². The molecule has 1 fully saturated rings. The summed E-state index contributed by atoms with van der Waals surface area (Å²) in [6.07, 6.45) is 1.82. The van der Waals surface area contributed by atoms with E-state index in [-0.39, 0.29) is 12.1 Å². The number of hydrogen-bond donors (Lipinski definition) is 1. The Morgan fingerprint density at radius 2 is 2.11 bits per heavy atom. The molecule has 0 saturated carbocycles. The van der Waals surface area contributed by atoms with Crippen LogP contribution in [-0.4, -0.2) is 35.7 Å². The number of aliphatic hydroxyl groups is 1. The average Bonchev–Trinajstić information content (AvgIpc) is 2.89. The summed E-state index contributed by atoms with van der Waals surface area (Å²) in [4.78, 5) is 2.49. The van der Waals surface area contributed by atoms with E-state index < -0.39 is 0 Å². The van der Waals surface area contributed by atoms with E-state index in [0.29, 0.717) is 6.04 Å². The average molecular weight is 261 g/mol. The van der Waals surface area contributed by atoms with Crippen LogP contribution in [0.2, 0.25) is 0 Å². The van der Waals surface area contributed by atoms with Crippen LogP contribution in [0.25, 0.3) is 0 Å². The fraction of sp³-hybridized carbons (Fsp3) is 0.625. The van der Waals surface area contributed by atoms with Crippen molar-refractivity contribution in [3.05, 3.63) is 29.3 Å². The summed E-state index contributed by atoms with van der Waals surface area (Å²) in [5.41, 5.74) is 2.32. The van der Waals surface area contributed by atoms with E-state index in [1.54, 1.807) is 7.11 Å². The first-order valence-corrected chi connectivity index (χ1v) is 7.20. The predicted molar refractivity (Wildman–Crippen MR) is 75.4 cm³/mol. The molecule has 1 heterocycles. The maximum Gasteiger partial charge on any atom is 0.119 e. The molecule has 4 atom stereocenters. The Bertz CT molecular complexity index is 474. The summed E-state index contributed by atoms with van der Waals surface area (Å²) in [6.45, 7) is 5.68. The van der Waals surface area contributed by atoms with E-state index in [4.69, 9.17) is 4.74 Å². The van der Waals surface area contributed by atoms with Crippen LogP contribution in [0.3, 0.4) is 0 Å². The minimum Gasteiger partial charge on any atom is -0.497 e. The molecule has 1 aliphatic carbocycles. The normalized spacial score (nSPS) is 34.5. The molecule has 1 aromatic carbocycles. The summed E-state index contributed by atoms with van der Waals surface area (Å²) >= 11 is 0. The first-order valence-electron chi connectivity index (χ1n) is 7.20. The third kappa shape index (κ3) is 2.15. The Hall–Kier alpha value is -1.06. The largest absolute Gasteiger partial charge is 0.497 e. The lowest BCUT2D eigenvalue weighted by Crippen LogP contribution is -2.40. The lowest BCUT2D eigenvalue weighted by Gasteiger charge is -2.30. The van der Waals surface area contributed by atoms with E-state index in [1.807, 2.05) is 12.1 Å². The van der Waals surface area contributed by atoms with E-state index in [9.17, 15) is 5.11 Å². The molecule has 1 N–H and O–H groups in total. The molecule has 1 aromatic rings. The first-order chi connectivity index (χ1) is 9.10. The van der Waals surface area contributed by atoms with Crippen molar-refractivity contribution in [2.75, 3.05) is 13.7 Å². The third-order valence-electron chi connectivity index (χ3n) is 4.72. The third-order valence-corrected chi connectivity index (χ3v) is 4.72. The minimum absolute atomic E-state index is 0.238. The second kappa shape index (κ2) is 4.80. The van der Waals surface area contributed by atoms with Gasteiger partial charge >= 0.3 is 0 Å².